The van der Waals surface area contributed by atoms with Crippen molar-refractivity contribution in [3.63, 3.8) is 0 Å². The van der Waals surface area contributed by atoms with Crippen LogP contribution in [0.15, 0.2) is 41.8 Å². The lowest BCUT2D eigenvalue weighted by molar-refractivity contribution is -0.129. The number of halogens is 1. The monoisotopic (exact) mass is 408 g/mol. The largest absolute Gasteiger partial charge is 0.450 e. The van der Waals surface area contributed by atoms with Crippen molar-refractivity contribution in [1.29, 1.82) is 0 Å². The predicted octanol–water partition coefficient (Wildman–Crippen LogP) is 2.92. The van der Waals surface area contributed by atoms with Crippen LogP contribution >= 0.6 is 23.4 Å². The number of ether oxygens (including phenoxy) is 1. The van der Waals surface area contributed by atoms with Gasteiger partial charge in [0, 0.05) is 49.3 Å². The summed E-state index contributed by atoms with van der Waals surface area (Å²) in [6, 6.07) is 7.48. The lowest BCUT2D eigenvalue weighted by atomic mass is 10.3. The molecule has 0 atom stereocenters. The van der Waals surface area contributed by atoms with Crippen LogP contribution in [0, 0.1) is 0 Å². The molecule has 7 nitrogen and oxygen atoms in total. The van der Waals surface area contributed by atoms with Gasteiger partial charge < -0.3 is 14.5 Å². The minimum Gasteiger partial charge on any atom is -0.450 e. The Balaban J connectivity index is 1.54. The fourth-order valence-corrected chi connectivity index (χ4v) is 3.85. The molecule has 1 aromatic heterocycles. The second kappa shape index (κ2) is 9.14. The van der Waals surface area contributed by atoms with Gasteiger partial charge in [-0.25, -0.2) is 9.78 Å². The van der Waals surface area contributed by atoms with Gasteiger partial charge in [0.2, 0.25) is 5.91 Å². The van der Waals surface area contributed by atoms with Crippen molar-refractivity contribution in [3.05, 3.63) is 41.7 Å². The summed E-state index contributed by atoms with van der Waals surface area (Å²) >= 11 is 7.44. The zero-order valence-corrected chi connectivity index (χ0v) is 16.6. The zero-order valence-electron chi connectivity index (χ0n) is 15.0. The van der Waals surface area contributed by atoms with E-state index in [1.807, 2.05) is 35.0 Å². The van der Waals surface area contributed by atoms with Crippen molar-refractivity contribution in [2.45, 2.75) is 12.1 Å². The van der Waals surface area contributed by atoms with Crippen LogP contribution in [0.2, 0.25) is 5.02 Å². The first kappa shape index (κ1) is 19.6. The predicted molar refractivity (Wildman–Crippen MR) is 104 cm³/mol. The van der Waals surface area contributed by atoms with Crippen molar-refractivity contribution >= 4 is 35.4 Å². The average Bonchev–Trinajstić information content (AvgIpc) is 3.15. The zero-order chi connectivity index (χ0) is 19.2. The Morgan fingerprint density at radius 2 is 1.96 bits per heavy atom. The fourth-order valence-electron chi connectivity index (χ4n) is 2.79. The lowest BCUT2D eigenvalue weighted by Crippen LogP contribution is -2.51. The minimum atomic E-state index is -0.317. The molecule has 0 unspecified atom stereocenters. The van der Waals surface area contributed by atoms with Crippen LogP contribution in [0.5, 0.6) is 0 Å². The summed E-state index contributed by atoms with van der Waals surface area (Å²) in [5.74, 6) is 0.320. The summed E-state index contributed by atoms with van der Waals surface area (Å²) < 4.78 is 6.90. The Morgan fingerprint density at radius 3 is 2.67 bits per heavy atom. The van der Waals surface area contributed by atoms with Crippen LogP contribution < -0.4 is 0 Å². The first-order valence-corrected chi connectivity index (χ1v) is 10.1. The van der Waals surface area contributed by atoms with Crippen LogP contribution in [0.4, 0.5) is 4.79 Å². The average molecular weight is 409 g/mol. The molecule has 0 spiro atoms. The summed E-state index contributed by atoms with van der Waals surface area (Å²) in [4.78, 5) is 32.0. The van der Waals surface area contributed by atoms with E-state index in [2.05, 4.69) is 4.98 Å². The standard InChI is InChI=1S/C18H21ClN4O3S/c1-2-26-18(25)22-10-8-21(9-11-22)16(24)13-27-17-20-6-7-23(17)15-5-3-4-14(19)12-15/h3-7,12H,2,8-11,13H2,1H3. The molecule has 0 saturated carbocycles. The summed E-state index contributed by atoms with van der Waals surface area (Å²) in [7, 11) is 0. The number of aromatic nitrogens is 2. The third-order valence-electron chi connectivity index (χ3n) is 4.18. The number of benzene rings is 1. The molecule has 0 N–H and O–H groups in total. The van der Waals surface area contributed by atoms with E-state index in [9.17, 15) is 9.59 Å². The number of rotatable bonds is 5. The highest BCUT2D eigenvalue weighted by Crippen LogP contribution is 2.23. The van der Waals surface area contributed by atoms with Crippen molar-refractivity contribution in [2.75, 3.05) is 38.5 Å². The molecule has 3 rings (SSSR count). The van der Waals surface area contributed by atoms with E-state index in [1.165, 1.54) is 11.8 Å². The van der Waals surface area contributed by atoms with Crippen molar-refractivity contribution < 1.29 is 14.3 Å². The van der Waals surface area contributed by atoms with Crippen LogP contribution in [-0.4, -0.2) is 69.9 Å². The van der Waals surface area contributed by atoms with Crippen LogP contribution in [0.1, 0.15) is 6.92 Å². The van der Waals surface area contributed by atoms with E-state index in [4.69, 9.17) is 16.3 Å². The highest BCUT2D eigenvalue weighted by atomic mass is 35.5. The maximum Gasteiger partial charge on any atom is 0.409 e. The number of hydrogen-bond donors (Lipinski definition) is 0. The van der Waals surface area contributed by atoms with Crippen molar-refractivity contribution in [3.8, 4) is 5.69 Å². The smallest absolute Gasteiger partial charge is 0.409 e. The number of carbonyl (C=O) groups is 2. The molecule has 2 aromatic rings. The molecule has 0 bridgehead atoms. The quantitative estimate of drug-likeness (QED) is 0.711. The second-order valence-electron chi connectivity index (χ2n) is 5.92. The Kier molecular flexibility index (Phi) is 6.63. The fraction of sp³-hybridized carbons (Fsp3) is 0.389. The molecule has 1 saturated heterocycles. The topological polar surface area (TPSA) is 67.7 Å². The normalized spacial score (nSPS) is 14.3. The highest BCUT2D eigenvalue weighted by Gasteiger charge is 2.25. The third-order valence-corrected chi connectivity index (χ3v) is 5.36. The van der Waals surface area contributed by atoms with Crippen LogP contribution in [-0.2, 0) is 9.53 Å². The van der Waals surface area contributed by atoms with Crippen LogP contribution in [0.3, 0.4) is 0 Å². The summed E-state index contributed by atoms with van der Waals surface area (Å²) in [5, 5.41) is 1.38. The molecule has 1 aliphatic rings. The van der Waals surface area contributed by atoms with Gasteiger partial charge >= 0.3 is 6.09 Å². The molecule has 1 aliphatic heterocycles. The minimum absolute atomic E-state index is 0.0316. The highest BCUT2D eigenvalue weighted by molar-refractivity contribution is 7.99. The van der Waals surface area contributed by atoms with Gasteiger partial charge in [0.15, 0.2) is 5.16 Å². The van der Waals surface area contributed by atoms with Gasteiger partial charge in [0.1, 0.15) is 0 Å². The number of hydrogen-bond acceptors (Lipinski definition) is 5. The van der Waals surface area contributed by atoms with Gasteiger partial charge in [-0.3, -0.25) is 9.36 Å². The van der Waals surface area contributed by atoms with Crippen molar-refractivity contribution in [1.82, 2.24) is 19.4 Å². The first-order valence-electron chi connectivity index (χ1n) is 8.70. The number of imidazole rings is 1. The van der Waals surface area contributed by atoms with E-state index in [0.29, 0.717) is 37.8 Å². The summed E-state index contributed by atoms with van der Waals surface area (Å²) in [6.07, 6.45) is 3.23. The van der Waals surface area contributed by atoms with Gasteiger partial charge in [-0.05, 0) is 25.1 Å². The molecule has 0 radical (unpaired) electrons. The molecule has 27 heavy (non-hydrogen) atoms. The van der Waals surface area contributed by atoms with Gasteiger partial charge in [0.25, 0.3) is 0 Å². The maximum absolute atomic E-state index is 12.5. The van der Waals surface area contributed by atoms with Gasteiger partial charge in [-0.15, -0.1) is 0 Å². The first-order chi connectivity index (χ1) is 13.1. The number of nitrogens with zero attached hydrogens (tertiary/aromatic N) is 4. The number of thioether (sulfide) groups is 1. The molecule has 1 fully saturated rings. The number of piperazine rings is 1. The van der Waals surface area contributed by atoms with E-state index in [-0.39, 0.29) is 17.8 Å². The molecule has 2 amide bonds. The van der Waals surface area contributed by atoms with E-state index >= 15 is 0 Å². The second-order valence-corrected chi connectivity index (χ2v) is 7.29. The van der Waals surface area contributed by atoms with Crippen molar-refractivity contribution in [2.24, 2.45) is 0 Å². The SMILES string of the molecule is CCOC(=O)N1CCN(C(=O)CSc2nccn2-c2cccc(Cl)c2)CC1. The molecule has 2 heterocycles. The Bertz CT molecular complexity index is 805. The Labute approximate surface area is 167 Å². The molecular weight excluding hydrogens is 388 g/mol. The van der Waals surface area contributed by atoms with E-state index < -0.39 is 0 Å². The molecular formula is C18H21ClN4O3S. The maximum atomic E-state index is 12.5. The number of amides is 2. The summed E-state index contributed by atoms with van der Waals surface area (Å²) in [5.41, 5.74) is 0.901. The van der Waals surface area contributed by atoms with E-state index in [0.717, 1.165) is 10.8 Å². The number of carbonyl (C=O) groups excluding carboxylic acids is 2. The van der Waals surface area contributed by atoms with Gasteiger partial charge in [0.05, 0.1) is 12.4 Å². The van der Waals surface area contributed by atoms with E-state index in [1.54, 1.807) is 22.9 Å². The Morgan fingerprint density at radius 1 is 1.22 bits per heavy atom. The Hall–Kier alpha value is -2.19. The molecule has 9 heteroatoms. The molecule has 1 aromatic carbocycles. The lowest BCUT2D eigenvalue weighted by Gasteiger charge is -2.34. The summed E-state index contributed by atoms with van der Waals surface area (Å²) in [6.45, 7) is 4.15. The van der Waals surface area contributed by atoms with Crippen LogP contribution in [0.25, 0.3) is 5.69 Å². The molecule has 144 valence electrons. The van der Waals surface area contributed by atoms with Gasteiger partial charge in [-0.1, -0.05) is 29.4 Å². The van der Waals surface area contributed by atoms with Gasteiger partial charge in [-0.2, -0.15) is 0 Å². The third kappa shape index (κ3) is 4.95. The molecule has 0 aliphatic carbocycles.